The third-order valence-electron chi connectivity index (χ3n) is 17.3. The fourth-order valence-corrected chi connectivity index (χ4v) is 11.8. The van der Waals surface area contributed by atoms with Crippen molar-refractivity contribution in [2.24, 2.45) is 0 Å². The SMILES string of the molecule is CCCCCCCCCCCCCCCCCCCCCCCCCCCCCCC/C=C/C(O)C(CO)NC(=O)CCCCCCCCCCCCCCCCCCCCCCCCCCCCCCCCCCC. The first-order valence-corrected chi connectivity index (χ1v) is 35.9. The van der Waals surface area contributed by atoms with Crippen LogP contribution in [0, 0.1) is 0 Å². The molecule has 0 aliphatic rings. The molecule has 0 bridgehead atoms. The van der Waals surface area contributed by atoms with Crippen LogP contribution in [-0.4, -0.2) is 34.9 Å². The molecule has 4 nitrogen and oxygen atoms in total. The molecular weight excluding hydrogens is 927 g/mol. The van der Waals surface area contributed by atoms with Gasteiger partial charge in [0.1, 0.15) is 0 Å². The molecular formula is C72H143NO3. The summed E-state index contributed by atoms with van der Waals surface area (Å²) < 4.78 is 0. The van der Waals surface area contributed by atoms with Gasteiger partial charge in [0.25, 0.3) is 0 Å². The van der Waals surface area contributed by atoms with Gasteiger partial charge in [-0.05, 0) is 19.3 Å². The van der Waals surface area contributed by atoms with Crippen LogP contribution in [0.4, 0.5) is 0 Å². The van der Waals surface area contributed by atoms with Crippen LogP contribution in [0.5, 0.6) is 0 Å². The normalized spacial score (nSPS) is 12.6. The zero-order valence-electron chi connectivity index (χ0n) is 52.6. The van der Waals surface area contributed by atoms with Crippen LogP contribution in [0.1, 0.15) is 425 Å². The summed E-state index contributed by atoms with van der Waals surface area (Å²) in [6, 6.07) is -0.620. The molecule has 0 aromatic rings. The first-order chi connectivity index (χ1) is 37.7. The second kappa shape index (κ2) is 68.4. The Morgan fingerprint density at radius 3 is 0.684 bits per heavy atom. The Morgan fingerprint density at radius 2 is 0.487 bits per heavy atom. The van der Waals surface area contributed by atoms with E-state index in [2.05, 4.69) is 19.2 Å². The number of allylic oxidation sites excluding steroid dienone is 1. The summed E-state index contributed by atoms with van der Waals surface area (Å²) in [5.41, 5.74) is 0. The molecule has 76 heavy (non-hydrogen) atoms. The summed E-state index contributed by atoms with van der Waals surface area (Å²) in [4.78, 5) is 12.5. The quantitative estimate of drug-likeness (QED) is 0.0420. The molecule has 0 fully saturated rings. The number of aliphatic hydroxyl groups is 2. The van der Waals surface area contributed by atoms with E-state index >= 15 is 0 Å². The molecule has 0 rings (SSSR count). The van der Waals surface area contributed by atoms with Gasteiger partial charge >= 0.3 is 0 Å². The third kappa shape index (κ3) is 64.0. The molecule has 0 radical (unpaired) electrons. The van der Waals surface area contributed by atoms with Gasteiger partial charge < -0.3 is 15.5 Å². The molecule has 3 N–H and O–H groups in total. The monoisotopic (exact) mass is 1070 g/mol. The van der Waals surface area contributed by atoms with Crippen LogP contribution in [0.3, 0.4) is 0 Å². The van der Waals surface area contributed by atoms with E-state index in [1.807, 2.05) is 6.08 Å². The van der Waals surface area contributed by atoms with Gasteiger partial charge in [0.15, 0.2) is 0 Å². The molecule has 0 aliphatic carbocycles. The topological polar surface area (TPSA) is 69.6 Å². The summed E-state index contributed by atoms with van der Waals surface area (Å²) in [6.07, 6.45) is 91.8. The number of amides is 1. The number of hydrogen-bond acceptors (Lipinski definition) is 3. The largest absolute Gasteiger partial charge is 0.394 e. The second-order valence-corrected chi connectivity index (χ2v) is 25.0. The fourth-order valence-electron chi connectivity index (χ4n) is 11.8. The smallest absolute Gasteiger partial charge is 0.220 e. The maximum atomic E-state index is 12.5. The first kappa shape index (κ1) is 75.1. The molecule has 0 saturated heterocycles. The van der Waals surface area contributed by atoms with Crippen LogP contribution in [0.15, 0.2) is 12.2 Å². The van der Waals surface area contributed by atoms with E-state index in [4.69, 9.17) is 0 Å². The minimum Gasteiger partial charge on any atom is -0.394 e. The van der Waals surface area contributed by atoms with Gasteiger partial charge in [-0.15, -0.1) is 0 Å². The van der Waals surface area contributed by atoms with Crippen LogP contribution >= 0.6 is 0 Å². The molecule has 0 saturated carbocycles. The Morgan fingerprint density at radius 1 is 0.303 bits per heavy atom. The van der Waals surface area contributed by atoms with Crippen molar-refractivity contribution >= 4 is 5.91 Å². The predicted octanol–water partition coefficient (Wildman–Crippen LogP) is 24.4. The lowest BCUT2D eigenvalue weighted by molar-refractivity contribution is -0.123. The fraction of sp³-hybridized carbons (Fsp3) is 0.958. The molecule has 2 atom stereocenters. The predicted molar refractivity (Wildman–Crippen MR) is 341 cm³/mol. The first-order valence-electron chi connectivity index (χ1n) is 35.9. The number of aliphatic hydroxyl groups excluding tert-OH is 2. The van der Waals surface area contributed by atoms with Crippen LogP contribution in [0.25, 0.3) is 0 Å². The van der Waals surface area contributed by atoms with Gasteiger partial charge in [0.05, 0.1) is 18.8 Å². The van der Waals surface area contributed by atoms with E-state index in [0.29, 0.717) is 6.42 Å². The molecule has 1 amide bonds. The maximum absolute atomic E-state index is 12.5. The van der Waals surface area contributed by atoms with Crippen molar-refractivity contribution < 1.29 is 15.0 Å². The van der Waals surface area contributed by atoms with Crippen molar-refractivity contribution in [2.45, 2.75) is 437 Å². The highest BCUT2D eigenvalue weighted by Gasteiger charge is 2.18. The van der Waals surface area contributed by atoms with Gasteiger partial charge in [-0.25, -0.2) is 0 Å². The minimum absolute atomic E-state index is 0.0527. The van der Waals surface area contributed by atoms with Gasteiger partial charge in [0.2, 0.25) is 5.91 Å². The summed E-state index contributed by atoms with van der Waals surface area (Å²) >= 11 is 0. The maximum Gasteiger partial charge on any atom is 0.220 e. The minimum atomic E-state index is -0.837. The average Bonchev–Trinajstić information content (AvgIpc) is 3.42. The number of unbranched alkanes of at least 4 members (excludes halogenated alkanes) is 61. The van der Waals surface area contributed by atoms with E-state index in [1.54, 1.807) is 6.08 Å². The number of carbonyl (C=O) groups excluding carboxylic acids is 1. The highest BCUT2D eigenvalue weighted by atomic mass is 16.3. The van der Waals surface area contributed by atoms with Crippen LogP contribution in [-0.2, 0) is 4.79 Å². The average molecular weight is 1070 g/mol. The van der Waals surface area contributed by atoms with Crippen molar-refractivity contribution in [1.82, 2.24) is 5.32 Å². The Bertz CT molecular complexity index is 1080. The highest BCUT2D eigenvalue weighted by molar-refractivity contribution is 5.76. The number of nitrogens with one attached hydrogen (secondary N) is 1. The lowest BCUT2D eigenvalue weighted by atomic mass is 10.0. The van der Waals surface area contributed by atoms with Gasteiger partial charge in [-0.2, -0.15) is 0 Å². The van der Waals surface area contributed by atoms with Crippen molar-refractivity contribution in [3.8, 4) is 0 Å². The molecule has 454 valence electrons. The lowest BCUT2D eigenvalue weighted by Crippen LogP contribution is -2.45. The van der Waals surface area contributed by atoms with Gasteiger partial charge in [0, 0.05) is 6.42 Å². The molecule has 0 aromatic heterocycles. The van der Waals surface area contributed by atoms with E-state index in [1.165, 1.54) is 379 Å². The summed E-state index contributed by atoms with van der Waals surface area (Å²) in [6.45, 7) is 4.37. The van der Waals surface area contributed by atoms with Gasteiger partial charge in [-0.3, -0.25) is 4.79 Å². The third-order valence-corrected chi connectivity index (χ3v) is 17.3. The van der Waals surface area contributed by atoms with E-state index in [9.17, 15) is 15.0 Å². The second-order valence-electron chi connectivity index (χ2n) is 25.0. The molecule has 0 spiro atoms. The molecule has 2 unspecified atom stereocenters. The van der Waals surface area contributed by atoms with Crippen LogP contribution in [0.2, 0.25) is 0 Å². The number of rotatable bonds is 68. The zero-order valence-corrected chi connectivity index (χ0v) is 52.6. The number of hydrogen-bond donors (Lipinski definition) is 3. The van der Waals surface area contributed by atoms with Crippen LogP contribution < -0.4 is 5.32 Å². The van der Waals surface area contributed by atoms with Crippen molar-refractivity contribution in [3.63, 3.8) is 0 Å². The lowest BCUT2D eigenvalue weighted by Gasteiger charge is -2.20. The standard InChI is InChI=1S/C72H143NO3/c1-3-5-7-9-11-13-15-17-19-21-23-25-27-29-31-33-35-36-38-40-42-44-46-48-50-52-54-56-58-60-62-64-66-68-72(76)73-70(69-74)71(75)67-65-63-61-59-57-55-53-51-49-47-45-43-41-39-37-34-32-30-28-26-24-22-20-18-16-14-12-10-8-6-4-2/h65,67,70-71,74-75H,3-64,66,68-69H2,1-2H3,(H,73,76)/b67-65+. The van der Waals surface area contributed by atoms with Crippen molar-refractivity contribution in [2.75, 3.05) is 6.61 Å². The summed E-state index contributed by atoms with van der Waals surface area (Å²) in [5.74, 6) is -0.0527. The molecule has 0 aliphatic heterocycles. The van der Waals surface area contributed by atoms with Crippen molar-refractivity contribution in [3.05, 3.63) is 12.2 Å². The van der Waals surface area contributed by atoms with E-state index < -0.39 is 12.1 Å². The molecule has 0 heterocycles. The van der Waals surface area contributed by atoms with Gasteiger partial charge in [-0.1, -0.05) is 411 Å². The Hall–Kier alpha value is -0.870. The zero-order chi connectivity index (χ0) is 54.8. The van der Waals surface area contributed by atoms with E-state index in [0.717, 1.165) is 25.7 Å². The highest BCUT2D eigenvalue weighted by Crippen LogP contribution is 2.20. The number of carbonyl (C=O) groups is 1. The van der Waals surface area contributed by atoms with Crippen molar-refractivity contribution in [1.29, 1.82) is 0 Å². The molecule has 0 aromatic carbocycles. The molecule has 4 heteroatoms. The van der Waals surface area contributed by atoms with E-state index in [-0.39, 0.29) is 12.5 Å². The summed E-state index contributed by atoms with van der Waals surface area (Å²) in [7, 11) is 0. The Kier molecular flexibility index (Phi) is 67.6. The summed E-state index contributed by atoms with van der Waals surface area (Å²) in [5, 5.41) is 23.3. The Labute approximate surface area is 479 Å². The Balaban J connectivity index is 3.38.